The van der Waals surface area contributed by atoms with Gasteiger partial charge in [0.15, 0.2) is 5.13 Å². The van der Waals surface area contributed by atoms with Crippen LogP contribution in [0.4, 0.5) is 5.13 Å². The number of likely N-dealkylation sites (N-methyl/N-ethyl adjacent to an activating group) is 2. The van der Waals surface area contributed by atoms with Crippen LogP contribution in [0.15, 0.2) is 35.8 Å². The SMILES string of the molecule is CN(CCC(=O)Nc1nccs1)C[C@@H]1Cc2ccccc2CN1C. The molecule has 24 heavy (non-hydrogen) atoms. The monoisotopic (exact) mass is 344 g/mol. The van der Waals surface area contributed by atoms with E-state index >= 15 is 0 Å². The van der Waals surface area contributed by atoms with Crippen LogP contribution < -0.4 is 5.32 Å². The van der Waals surface area contributed by atoms with Crippen LogP contribution in [0.1, 0.15) is 17.5 Å². The average molecular weight is 344 g/mol. The topological polar surface area (TPSA) is 48.5 Å². The molecule has 0 saturated heterocycles. The number of fused-ring (bicyclic) bond motifs is 1. The highest BCUT2D eigenvalue weighted by Crippen LogP contribution is 2.22. The van der Waals surface area contributed by atoms with Gasteiger partial charge in [0, 0.05) is 43.7 Å². The van der Waals surface area contributed by atoms with E-state index in [4.69, 9.17) is 0 Å². The summed E-state index contributed by atoms with van der Waals surface area (Å²) in [5.41, 5.74) is 2.89. The first-order valence-electron chi connectivity index (χ1n) is 8.26. The molecule has 1 N–H and O–H groups in total. The van der Waals surface area contributed by atoms with Crippen molar-refractivity contribution in [3.63, 3.8) is 0 Å². The van der Waals surface area contributed by atoms with Crippen LogP contribution in [-0.2, 0) is 17.8 Å². The summed E-state index contributed by atoms with van der Waals surface area (Å²) in [5.74, 6) is 0.0270. The molecule has 128 valence electrons. The fourth-order valence-corrected chi connectivity index (χ4v) is 3.68. The number of hydrogen-bond donors (Lipinski definition) is 1. The van der Waals surface area contributed by atoms with Crippen LogP contribution in [0.5, 0.6) is 0 Å². The average Bonchev–Trinajstić information content (AvgIpc) is 3.06. The minimum absolute atomic E-state index is 0.0270. The van der Waals surface area contributed by atoms with Crippen molar-refractivity contribution in [2.75, 3.05) is 32.5 Å². The molecule has 1 aliphatic rings. The van der Waals surface area contributed by atoms with E-state index in [1.165, 1.54) is 22.5 Å². The molecular weight excluding hydrogens is 320 g/mol. The number of benzene rings is 1. The zero-order valence-electron chi connectivity index (χ0n) is 14.2. The highest BCUT2D eigenvalue weighted by Gasteiger charge is 2.24. The van der Waals surface area contributed by atoms with Gasteiger partial charge in [-0.25, -0.2) is 4.98 Å². The van der Waals surface area contributed by atoms with Gasteiger partial charge in [-0.1, -0.05) is 24.3 Å². The fraction of sp³-hybridized carbons (Fsp3) is 0.444. The van der Waals surface area contributed by atoms with Crippen LogP contribution in [0.25, 0.3) is 0 Å². The van der Waals surface area contributed by atoms with Crippen LogP contribution >= 0.6 is 11.3 Å². The summed E-state index contributed by atoms with van der Waals surface area (Å²) >= 11 is 1.44. The largest absolute Gasteiger partial charge is 0.304 e. The maximum absolute atomic E-state index is 12.0. The Morgan fingerprint density at radius 2 is 2.21 bits per heavy atom. The van der Waals surface area contributed by atoms with Gasteiger partial charge in [-0.05, 0) is 31.6 Å². The molecule has 3 rings (SSSR count). The lowest BCUT2D eigenvalue weighted by molar-refractivity contribution is -0.116. The number of anilines is 1. The van der Waals surface area contributed by atoms with Gasteiger partial charge in [0.1, 0.15) is 0 Å². The Bertz CT molecular complexity index is 673. The minimum atomic E-state index is 0.0270. The van der Waals surface area contributed by atoms with Crippen molar-refractivity contribution in [3.8, 4) is 0 Å². The summed E-state index contributed by atoms with van der Waals surface area (Å²) in [6, 6.07) is 9.17. The van der Waals surface area contributed by atoms with Crippen LogP contribution in [0.2, 0.25) is 0 Å². The first-order chi connectivity index (χ1) is 11.6. The molecule has 5 nitrogen and oxygen atoms in total. The normalized spacial score (nSPS) is 17.7. The fourth-order valence-electron chi connectivity index (χ4n) is 3.13. The van der Waals surface area contributed by atoms with Gasteiger partial charge in [-0.2, -0.15) is 0 Å². The molecule has 1 aromatic carbocycles. The number of carbonyl (C=O) groups is 1. The molecule has 0 bridgehead atoms. The first-order valence-corrected chi connectivity index (χ1v) is 9.14. The molecule has 1 atom stereocenters. The molecule has 2 aromatic rings. The number of rotatable bonds is 6. The van der Waals surface area contributed by atoms with E-state index in [2.05, 4.69) is 58.5 Å². The number of hydrogen-bond acceptors (Lipinski definition) is 5. The summed E-state index contributed by atoms with van der Waals surface area (Å²) in [7, 11) is 4.27. The lowest BCUT2D eigenvalue weighted by atomic mass is 9.94. The van der Waals surface area contributed by atoms with Gasteiger partial charge in [0.2, 0.25) is 5.91 Å². The van der Waals surface area contributed by atoms with E-state index in [9.17, 15) is 4.79 Å². The highest BCUT2D eigenvalue weighted by molar-refractivity contribution is 7.13. The summed E-state index contributed by atoms with van der Waals surface area (Å²) in [6.07, 6.45) is 3.26. The Hall–Kier alpha value is -1.76. The van der Waals surface area contributed by atoms with Crippen LogP contribution in [0.3, 0.4) is 0 Å². The predicted octanol–water partition coefficient (Wildman–Crippen LogP) is 2.46. The molecule has 1 aromatic heterocycles. The minimum Gasteiger partial charge on any atom is -0.304 e. The quantitative estimate of drug-likeness (QED) is 0.874. The van der Waals surface area contributed by atoms with Gasteiger partial charge in [-0.3, -0.25) is 9.69 Å². The molecule has 0 fully saturated rings. The molecule has 0 aliphatic carbocycles. The van der Waals surface area contributed by atoms with Crippen molar-refractivity contribution in [1.29, 1.82) is 0 Å². The van der Waals surface area contributed by atoms with Gasteiger partial charge in [-0.15, -0.1) is 11.3 Å². The van der Waals surface area contributed by atoms with E-state index in [0.717, 1.165) is 26.1 Å². The second-order valence-electron chi connectivity index (χ2n) is 6.44. The zero-order chi connectivity index (χ0) is 16.9. The number of nitrogens with zero attached hydrogens (tertiary/aromatic N) is 3. The second kappa shape index (κ2) is 7.88. The van der Waals surface area contributed by atoms with E-state index in [1.54, 1.807) is 6.20 Å². The lowest BCUT2D eigenvalue weighted by Gasteiger charge is -2.36. The summed E-state index contributed by atoms with van der Waals surface area (Å²) in [4.78, 5) is 20.7. The predicted molar refractivity (Wildman–Crippen MR) is 98.3 cm³/mol. The first kappa shape index (κ1) is 17.1. The number of thiazole rings is 1. The van der Waals surface area contributed by atoms with Crippen LogP contribution in [0, 0.1) is 0 Å². The van der Waals surface area contributed by atoms with E-state index in [0.29, 0.717) is 17.6 Å². The van der Waals surface area contributed by atoms with Crippen LogP contribution in [-0.4, -0.2) is 53.9 Å². The Labute approximate surface area is 147 Å². The van der Waals surface area contributed by atoms with Gasteiger partial charge in [0.05, 0.1) is 0 Å². The third kappa shape index (κ3) is 4.41. The van der Waals surface area contributed by atoms with E-state index < -0.39 is 0 Å². The molecule has 0 unspecified atom stereocenters. The Morgan fingerprint density at radius 1 is 1.42 bits per heavy atom. The zero-order valence-corrected chi connectivity index (χ0v) is 15.1. The number of amides is 1. The van der Waals surface area contributed by atoms with Gasteiger partial charge in [0.25, 0.3) is 0 Å². The van der Waals surface area contributed by atoms with Gasteiger partial charge >= 0.3 is 0 Å². The maximum Gasteiger partial charge on any atom is 0.227 e. The summed E-state index contributed by atoms with van der Waals surface area (Å²) < 4.78 is 0. The number of carbonyl (C=O) groups excluding carboxylic acids is 1. The van der Waals surface area contributed by atoms with Crippen molar-refractivity contribution >= 4 is 22.4 Å². The van der Waals surface area contributed by atoms with Crippen molar-refractivity contribution in [2.45, 2.75) is 25.4 Å². The van der Waals surface area contributed by atoms with Crippen molar-refractivity contribution in [1.82, 2.24) is 14.8 Å². The molecule has 0 saturated carbocycles. The van der Waals surface area contributed by atoms with Crippen molar-refractivity contribution < 1.29 is 4.79 Å². The molecule has 0 spiro atoms. The third-order valence-corrected chi connectivity index (χ3v) is 5.23. The Balaban J connectivity index is 1.46. The lowest BCUT2D eigenvalue weighted by Crippen LogP contribution is -2.45. The Morgan fingerprint density at radius 3 is 2.96 bits per heavy atom. The maximum atomic E-state index is 12.0. The van der Waals surface area contributed by atoms with Crippen molar-refractivity contribution in [2.24, 2.45) is 0 Å². The molecule has 1 amide bonds. The molecule has 2 heterocycles. The number of aromatic nitrogens is 1. The van der Waals surface area contributed by atoms with Crippen molar-refractivity contribution in [3.05, 3.63) is 47.0 Å². The van der Waals surface area contributed by atoms with E-state index in [1.807, 2.05) is 5.38 Å². The Kier molecular flexibility index (Phi) is 5.60. The smallest absolute Gasteiger partial charge is 0.227 e. The highest BCUT2D eigenvalue weighted by atomic mass is 32.1. The standard InChI is InChI=1S/C18H24N4OS/c1-21(9-7-17(23)20-18-19-8-10-24-18)13-16-11-14-5-3-4-6-15(14)12-22(16)2/h3-6,8,10,16H,7,9,11-13H2,1-2H3,(H,19,20,23)/t16-/m0/s1. The molecule has 0 radical (unpaired) electrons. The second-order valence-corrected chi connectivity index (χ2v) is 7.33. The number of nitrogens with one attached hydrogen (secondary N) is 1. The summed E-state index contributed by atoms with van der Waals surface area (Å²) in [6.45, 7) is 2.72. The van der Waals surface area contributed by atoms with Gasteiger partial charge < -0.3 is 10.2 Å². The third-order valence-electron chi connectivity index (χ3n) is 4.54. The molecule has 6 heteroatoms. The molecular formula is C18H24N4OS. The van der Waals surface area contributed by atoms with E-state index in [-0.39, 0.29) is 5.91 Å². The summed E-state index contributed by atoms with van der Waals surface area (Å²) in [5, 5.41) is 5.37. The molecule has 1 aliphatic heterocycles.